The summed E-state index contributed by atoms with van der Waals surface area (Å²) in [4.78, 5) is 17.5. The van der Waals surface area contributed by atoms with Gasteiger partial charge in [0.15, 0.2) is 0 Å². The van der Waals surface area contributed by atoms with Crippen LogP contribution in [0.1, 0.15) is 37.4 Å². The van der Waals surface area contributed by atoms with Crippen LogP contribution in [-0.4, -0.2) is 17.6 Å². The number of hydrogen-bond donors (Lipinski definition) is 0. The highest BCUT2D eigenvalue weighted by atomic mass is 16.5. The highest BCUT2D eigenvalue weighted by molar-refractivity contribution is 5.82. The molecule has 2 atom stereocenters. The number of fused-ring (bicyclic) bond motifs is 3. The third-order valence-electron chi connectivity index (χ3n) is 5.48. The number of pyridine rings is 1. The molecule has 2 aromatic rings. The van der Waals surface area contributed by atoms with E-state index < -0.39 is 0 Å². The van der Waals surface area contributed by atoms with Crippen LogP contribution < -0.4 is 0 Å². The van der Waals surface area contributed by atoms with Crippen molar-refractivity contribution in [2.45, 2.75) is 39.0 Å². The van der Waals surface area contributed by atoms with E-state index >= 15 is 0 Å². The molecule has 0 amide bonds. The Labute approximate surface area is 130 Å². The van der Waals surface area contributed by atoms with Gasteiger partial charge in [0.25, 0.3) is 0 Å². The lowest BCUT2D eigenvalue weighted by molar-refractivity contribution is -0.158. The summed E-state index contributed by atoms with van der Waals surface area (Å²) in [6.45, 7) is 2.36. The Kier molecular flexibility index (Phi) is 3.17. The molecule has 22 heavy (non-hydrogen) atoms. The van der Waals surface area contributed by atoms with Gasteiger partial charge in [-0.15, -0.1) is 0 Å². The predicted octanol–water partition coefficient (Wildman–Crippen LogP) is 3.68. The number of esters is 1. The fraction of sp³-hybridized carbons (Fsp3) is 0.474. The minimum absolute atomic E-state index is 0.0105. The monoisotopic (exact) mass is 295 g/mol. The molecule has 1 aromatic heterocycles. The molecule has 3 heteroatoms. The summed E-state index contributed by atoms with van der Waals surface area (Å²) in [6, 6.07) is 10.5. The van der Waals surface area contributed by atoms with Crippen LogP contribution in [0.2, 0.25) is 0 Å². The Bertz CT molecular complexity index is 739. The maximum Gasteiger partial charge on any atom is 0.312 e. The molecular weight excluding hydrogens is 274 g/mol. The number of nitrogens with zero attached hydrogens (tertiary/aromatic N) is 1. The van der Waals surface area contributed by atoms with E-state index in [9.17, 15) is 4.79 Å². The molecule has 114 valence electrons. The molecule has 2 aliphatic carbocycles. The van der Waals surface area contributed by atoms with Crippen LogP contribution >= 0.6 is 0 Å². The van der Waals surface area contributed by atoms with E-state index in [1.54, 1.807) is 0 Å². The zero-order valence-electron chi connectivity index (χ0n) is 13.0. The van der Waals surface area contributed by atoms with E-state index in [2.05, 4.69) is 18.2 Å². The highest BCUT2D eigenvalue weighted by Gasteiger charge is 2.52. The van der Waals surface area contributed by atoms with Crippen molar-refractivity contribution in [3.8, 4) is 0 Å². The average molecular weight is 295 g/mol. The molecule has 0 unspecified atom stereocenters. The van der Waals surface area contributed by atoms with Gasteiger partial charge in [0, 0.05) is 11.1 Å². The summed E-state index contributed by atoms with van der Waals surface area (Å²) in [5.74, 6) is 0.407. The lowest BCUT2D eigenvalue weighted by atomic mass is 9.67. The zero-order chi connectivity index (χ0) is 15.2. The van der Waals surface area contributed by atoms with Gasteiger partial charge < -0.3 is 4.74 Å². The van der Waals surface area contributed by atoms with Crippen molar-refractivity contribution >= 4 is 16.9 Å². The third-order valence-corrected chi connectivity index (χ3v) is 5.48. The third kappa shape index (κ3) is 1.95. The summed E-state index contributed by atoms with van der Waals surface area (Å²) in [6.07, 6.45) is 4.91. The smallest absolute Gasteiger partial charge is 0.312 e. The van der Waals surface area contributed by atoms with Crippen molar-refractivity contribution in [3.05, 3.63) is 41.6 Å². The summed E-state index contributed by atoms with van der Waals surface area (Å²) < 4.78 is 5.43. The topological polar surface area (TPSA) is 39.2 Å². The Balaban J connectivity index is 1.79. The molecule has 1 fully saturated rings. The quantitative estimate of drug-likeness (QED) is 0.793. The van der Waals surface area contributed by atoms with Crippen LogP contribution in [0.25, 0.3) is 10.9 Å². The fourth-order valence-corrected chi connectivity index (χ4v) is 4.39. The lowest BCUT2D eigenvalue weighted by Crippen LogP contribution is -2.42. The van der Waals surface area contributed by atoms with Crippen LogP contribution in [0.5, 0.6) is 0 Å². The summed E-state index contributed by atoms with van der Waals surface area (Å²) >= 11 is 0. The first-order valence-electron chi connectivity index (χ1n) is 8.28. The van der Waals surface area contributed by atoms with Crippen molar-refractivity contribution in [3.63, 3.8) is 0 Å². The minimum atomic E-state index is -0.298. The van der Waals surface area contributed by atoms with Crippen molar-refractivity contribution in [1.29, 1.82) is 0 Å². The van der Waals surface area contributed by atoms with E-state index in [-0.39, 0.29) is 11.4 Å². The van der Waals surface area contributed by atoms with Gasteiger partial charge in [-0.25, -0.2) is 0 Å². The van der Waals surface area contributed by atoms with Gasteiger partial charge in [0.1, 0.15) is 0 Å². The molecule has 2 aliphatic rings. The second kappa shape index (κ2) is 5.08. The van der Waals surface area contributed by atoms with Crippen LogP contribution in [-0.2, 0) is 22.4 Å². The van der Waals surface area contributed by atoms with Crippen molar-refractivity contribution in [2.75, 3.05) is 6.61 Å². The Morgan fingerprint density at radius 2 is 2.27 bits per heavy atom. The number of ether oxygens (including phenoxy) is 1. The summed E-state index contributed by atoms with van der Waals surface area (Å²) in [5.41, 5.74) is 3.19. The molecule has 0 radical (unpaired) electrons. The molecule has 0 aliphatic heterocycles. The molecular formula is C19H21NO2. The number of carbonyl (C=O) groups excluding carboxylic acids is 1. The van der Waals surface area contributed by atoms with Gasteiger partial charge in [0.05, 0.1) is 17.5 Å². The molecule has 4 rings (SSSR count). The van der Waals surface area contributed by atoms with Crippen molar-refractivity contribution in [2.24, 2.45) is 11.3 Å². The Morgan fingerprint density at radius 3 is 3.14 bits per heavy atom. The van der Waals surface area contributed by atoms with Gasteiger partial charge in [-0.2, -0.15) is 0 Å². The molecule has 1 heterocycles. The van der Waals surface area contributed by atoms with Gasteiger partial charge in [-0.3, -0.25) is 9.78 Å². The maximum absolute atomic E-state index is 12.6. The van der Waals surface area contributed by atoms with E-state index in [0.29, 0.717) is 12.5 Å². The molecule has 1 aromatic carbocycles. The van der Waals surface area contributed by atoms with Crippen molar-refractivity contribution in [1.82, 2.24) is 4.98 Å². The summed E-state index contributed by atoms with van der Waals surface area (Å²) in [7, 11) is 0. The summed E-state index contributed by atoms with van der Waals surface area (Å²) in [5, 5.41) is 1.16. The number of aromatic nitrogens is 1. The largest absolute Gasteiger partial charge is 0.466 e. The van der Waals surface area contributed by atoms with Crippen LogP contribution in [0.4, 0.5) is 0 Å². The number of carbonyl (C=O) groups is 1. The number of benzene rings is 1. The van der Waals surface area contributed by atoms with Gasteiger partial charge in [-0.1, -0.05) is 24.6 Å². The Morgan fingerprint density at radius 1 is 1.41 bits per heavy atom. The molecule has 0 saturated heterocycles. The standard InChI is InChI=1S/C19H21NO2/c1-2-22-18(21)19-9-5-7-15(19)11-17-14(12-19)10-13-6-3-4-8-16(13)20-17/h3-4,6,8,10,15H,2,5,7,9,11-12H2,1H3/t15-,19-/m1/s1. The first-order valence-corrected chi connectivity index (χ1v) is 8.28. The lowest BCUT2D eigenvalue weighted by Gasteiger charge is -2.37. The highest BCUT2D eigenvalue weighted by Crippen LogP contribution is 2.51. The van der Waals surface area contributed by atoms with Gasteiger partial charge >= 0.3 is 5.97 Å². The van der Waals surface area contributed by atoms with Gasteiger partial charge in [0.2, 0.25) is 0 Å². The van der Waals surface area contributed by atoms with Crippen LogP contribution in [0.15, 0.2) is 30.3 Å². The normalized spacial score (nSPS) is 26.5. The average Bonchev–Trinajstić information content (AvgIpc) is 2.94. The predicted molar refractivity (Wildman–Crippen MR) is 85.6 cm³/mol. The Hall–Kier alpha value is -1.90. The molecule has 0 spiro atoms. The minimum Gasteiger partial charge on any atom is -0.466 e. The van der Waals surface area contributed by atoms with E-state index in [1.807, 2.05) is 19.1 Å². The zero-order valence-corrected chi connectivity index (χ0v) is 13.0. The van der Waals surface area contributed by atoms with E-state index in [0.717, 1.165) is 43.0 Å². The number of hydrogen-bond acceptors (Lipinski definition) is 3. The van der Waals surface area contributed by atoms with E-state index in [4.69, 9.17) is 9.72 Å². The molecule has 3 nitrogen and oxygen atoms in total. The molecule has 0 N–H and O–H groups in total. The number of para-hydroxylation sites is 1. The van der Waals surface area contributed by atoms with Crippen LogP contribution in [0.3, 0.4) is 0 Å². The maximum atomic E-state index is 12.6. The van der Waals surface area contributed by atoms with Gasteiger partial charge in [-0.05, 0) is 56.2 Å². The van der Waals surface area contributed by atoms with Crippen molar-refractivity contribution < 1.29 is 9.53 Å². The first-order chi connectivity index (χ1) is 10.7. The second-order valence-corrected chi connectivity index (χ2v) is 6.63. The fourth-order valence-electron chi connectivity index (χ4n) is 4.39. The second-order valence-electron chi connectivity index (χ2n) is 6.63. The first kappa shape index (κ1) is 13.7. The van der Waals surface area contributed by atoms with Crippen LogP contribution in [0, 0.1) is 11.3 Å². The molecule has 0 bridgehead atoms. The number of rotatable bonds is 2. The SMILES string of the molecule is CCOC(=O)[C@@]12CCC[C@@H]1Cc1nc3ccccc3cc1C2. The molecule has 1 saturated carbocycles. The van der Waals surface area contributed by atoms with E-state index in [1.165, 1.54) is 11.3 Å².